The van der Waals surface area contributed by atoms with Crippen LogP contribution in [0.4, 0.5) is 0 Å². The zero-order valence-electron chi connectivity index (χ0n) is 14.4. The van der Waals surface area contributed by atoms with Crippen LogP contribution in [-0.2, 0) is 21.5 Å². The van der Waals surface area contributed by atoms with Gasteiger partial charge in [-0.1, -0.05) is 30.3 Å². The topological polar surface area (TPSA) is 77.9 Å². The molecule has 1 fully saturated rings. The van der Waals surface area contributed by atoms with Crippen molar-refractivity contribution in [1.29, 1.82) is 0 Å². The van der Waals surface area contributed by atoms with Crippen LogP contribution < -0.4 is 0 Å². The molecule has 26 heavy (non-hydrogen) atoms. The third kappa shape index (κ3) is 2.82. The molecule has 1 atom stereocenters. The lowest BCUT2D eigenvalue weighted by Crippen LogP contribution is -2.44. The summed E-state index contributed by atoms with van der Waals surface area (Å²) in [5.41, 5.74) is 3.31. The Morgan fingerprint density at radius 2 is 1.92 bits per heavy atom. The maximum absolute atomic E-state index is 12.8. The first-order valence-corrected chi connectivity index (χ1v) is 9.97. The lowest BCUT2D eigenvalue weighted by molar-refractivity contribution is -0.111. The van der Waals surface area contributed by atoms with Gasteiger partial charge in [0, 0.05) is 30.9 Å². The van der Waals surface area contributed by atoms with Crippen LogP contribution in [0.1, 0.15) is 12.0 Å². The highest BCUT2D eigenvalue weighted by atomic mass is 32.2. The van der Waals surface area contributed by atoms with Crippen molar-refractivity contribution in [2.24, 2.45) is 0 Å². The smallest absolute Gasteiger partial charge is 0.298 e. The van der Waals surface area contributed by atoms with E-state index >= 15 is 0 Å². The first-order chi connectivity index (χ1) is 12.4. The van der Waals surface area contributed by atoms with E-state index in [4.69, 9.17) is 0 Å². The van der Waals surface area contributed by atoms with E-state index in [1.165, 1.54) is 6.08 Å². The van der Waals surface area contributed by atoms with E-state index in [1.54, 1.807) is 6.08 Å². The zero-order valence-corrected chi connectivity index (χ0v) is 15.2. The maximum atomic E-state index is 12.8. The van der Waals surface area contributed by atoms with Gasteiger partial charge >= 0.3 is 0 Å². The Balaban J connectivity index is 1.80. The van der Waals surface area contributed by atoms with E-state index in [-0.39, 0.29) is 6.04 Å². The fourth-order valence-corrected chi connectivity index (χ4v) is 4.58. The molecule has 136 valence electrons. The number of allylic oxidation sites excluding steroid dienone is 4. The fourth-order valence-electron chi connectivity index (χ4n) is 4.00. The summed E-state index contributed by atoms with van der Waals surface area (Å²) in [6, 6.07) is 10.0. The van der Waals surface area contributed by atoms with Crippen LogP contribution in [0.5, 0.6) is 0 Å². The molecule has 0 amide bonds. The Labute approximate surface area is 152 Å². The molecule has 1 aliphatic carbocycles. The summed E-state index contributed by atoms with van der Waals surface area (Å²) in [5, 5.41) is 0. The van der Waals surface area contributed by atoms with E-state index in [2.05, 4.69) is 9.80 Å². The van der Waals surface area contributed by atoms with Crippen molar-refractivity contribution in [2.75, 3.05) is 20.1 Å². The van der Waals surface area contributed by atoms with Gasteiger partial charge in [-0.25, -0.2) is 0 Å². The number of fused-ring (bicyclic) bond motifs is 2. The molecule has 4 rings (SSSR count). The number of nitrogens with zero attached hydrogens (tertiary/aromatic N) is 2. The minimum atomic E-state index is -4.53. The predicted molar refractivity (Wildman–Crippen MR) is 97.6 cm³/mol. The number of ketones is 1. The average molecular weight is 372 g/mol. The van der Waals surface area contributed by atoms with E-state index < -0.39 is 20.8 Å². The summed E-state index contributed by atoms with van der Waals surface area (Å²) < 4.78 is 32.5. The molecular formula is C19H20N2O4S. The van der Waals surface area contributed by atoms with Crippen molar-refractivity contribution < 1.29 is 17.8 Å². The molecule has 1 N–H and O–H groups in total. The highest BCUT2D eigenvalue weighted by molar-refractivity contribution is 7.90. The van der Waals surface area contributed by atoms with Crippen molar-refractivity contribution in [1.82, 2.24) is 9.80 Å². The number of rotatable bonds is 3. The summed E-state index contributed by atoms with van der Waals surface area (Å²) in [4.78, 5) is 16.7. The van der Waals surface area contributed by atoms with Crippen molar-refractivity contribution >= 4 is 15.9 Å². The van der Waals surface area contributed by atoms with Gasteiger partial charge in [0.15, 0.2) is 0 Å². The molecule has 0 saturated carbocycles. The number of benzene rings is 1. The van der Waals surface area contributed by atoms with Gasteiger partial charge in [-0.15, -0.1) is 0 Å². The van der Waals surface area contributed by atoms with Gasteiger partial charge < -0.3 is 9.80 Å². The number of likely N-dealkylation sites (tertiary alicyclic amines) is 1. The van der Waals surface area contributed by atoms with E-state index in [0.717, 1.165) is 29.9 Å². The number of piperidine rings is 1. The lowest BCUT2D eigenvalue weighted by atomic mass is 9.93. The van der Waals surface area contributed by atoms with Crippen LogP contribution in [0.3, 0.4) is 0 Å². The van der Waals surface area contributed by atoms with Gasteiger partial charge in [-0.05, 0) is 36.8 Å². The molecule has 0 radical (unpaired) electrons. The monoisotopic (exact) mass is 372 g/mol. The van der Waals surface area contributed by atoms with Crippen molar-refractivity contribution in [2.45, 2.75) is 19.0 Å². The molecule has 0 spiro atoms. The Morgan fingerprint density at radius 3 is 2.62 bits per heavy atom. The molecule has 2 heterocycles. The van der Waals surface area contributed by atoms with Crippen molar-refractivity contribution in [3.05, 3.63) is 69.8 Å². The summed E-state index contributed by atoms with van der Waals surface area (Å²) >= 11 is 0. The highest BCUT2D eigenvalue weighted by Crippen LogP contribution is 2.42. The SMILES string of the molecule is CN1CCC2=C3C(=O)C(S(=O)(=O)O)=CC=C3N(Cc3ccccc3)C2C1. The van der Waals surface area contributed by atoms with Crippen LogP contribution in [0, 0.1) is 0 Å². The van der Waals surface area contributed by atoms with E-state index in [1.807, 2.05) is 37.4 Å². The second-order valence-electron chi connectivity index (χ2n) is 6.93. The normalized spacial score (nSPS) is 23.5. The first-order valence-electron chi connectivity index (χ1n) is 8.53. The van der Waals surface area contributed by atoms with E-state index in [0.29, 0.717) is 18.5 Å². The number of hydrogen-bond donors (Lipinski definition) is 1. The first kappa shape index (κ1) is 17.2. The lowest BCUT2D eigenvalue weighted by Gasteiger charge is -2.36. The van der Waals surface area contributed by atoms with Crippen molar-refractivity contribution in [3.63, 3.8) is 0 Å². The van der Waals surface area contributed by atoms with Crippen LogP contribution >= 0.6 is 0 Å². The van der Waals surface area contributed by atoms with E-state index in [9.17, 15) is 17.8 Å². The Morgan fingerprint density at radius 1 is 1.19 bits per heavy atom. The van der Waals surface area contributed by atoms with Crippen molar-refractivity contribution in [3.8, 4) is 0 Å². The average Bonchev–Trinajstić information content (AvgIpc) is 2.89. The Kier molecular flexibility index (Phi) is 4.10. The predicted octanol–water partition coefficient (Wildman–Crippen LogP) is 1.74. The fraction of sp³-hybridized carbons (Fsp3) is 0.316. The van der Waals surface area contributed by atoms with Crippen LogP contribution in [0.15, 0.2) is 64.2 Å². The molecule has 3 aliphatic rings. The van der Waals surface area contributed by atoms with Gasteiger partial charge in [-0.2, -0.15) is 8.42 Å². The summed E-state index contributed by atoms with van der Waals surface area (Å²) in [6.07, 6.45) is 3.58. The number of carbonyl (C=O) groups is 1. The van der Waals surface area contributed by atoms with Gasteiger partial charge in [0.05, 0.1) is 6.04 Å². The second kappa shape index (κ2) is 6.19. The Hall–Kier alpha value is -2.22. The Bertz CT molecular complexity index is 961. The third-order valence-corrected chi connectivity index (χ3v) is 6.11. The molecule has 1 unspecified atom stereocenters. The maximum Gasteiger partial charge on any atom is 0.298 e. The summed E-state index contributed by atoms with van der Waals surface area (Å²) in [5.74, 6) is -0.592. The van der Waals surface area contributed by atoms with Gasteiger partial charge in [0.2, 0.25) is 5.78 Å². The second-order valence-corrected chi connectivity index (χ2v) is 8.32. The number of likely N-dealkylation sites (N-methyl/N-ethyl adjacent to an activating group) is 1. The number of carbonyl (C=O) groups excluding carboxylic acids is 1. The summed E-state index contributed by atoms with van der Waals surface area (Å²) in [6.45, 7) is 2.23. The molecule has 6 nitrogen and oxygen atoms in total. The largest absolute Gasteiger partial charge is 0.359 e. The van der Waals surface area contributed by atoms with Gasteiger partial charge in [-0.3, -0.25) is 9.35 Å². The minimum absolute atomic E-state index is 0.0355. The van der Waals surface area contributed by atoms with Crippen LogP contribution in [0.25, 0.3) is 0 Å². The molecule has 7 heteroatoms. The summed E-state index contributed by atoms with van der Waals surface area (Å²) in [7, 11) is -2.49. The minimum Gasteiger partial charge on any atom is -0.359 e. The molecule has 1 aromatic rings. The molecule has 0 bridgehead atoms. The number of hydrogen-bond acceptors (Lipinski definition) is 5. The van der Waals surface area contributed by atoms with Crippen LogP contribution in [0.2, 0.25) is 0 Å². The number of Topliss-reactive ketones (excluding diaryl/α,β-unsaturated/α-hetero) is 1. The van der Waals surface area contributed by atoms with Gasteiger partial charge in [0.25, 0.3) is 10.1 Å². The molecule has 1 saturated heterocycles. The quantitative estimate of drug-likeness (QED) is 0.815. The zero-order chi connectivity index (χ0) is 18.5. The van der Waals surface area contributed by atoms with Crippen LogP contribution in [-0.4, -0.2) is 54.7 Å². The highest BCUT2D eigenvalue weighted by Gasteiger charge is 2.44. The molecule has 1 aromatic carbocycles. The molecular weight excluding hydrogens is 352 g/mol. The molecule has 0 aromatic heterocycles. The van der Waals surface area contributed by atoms with Gasteiger partial charge in [0.1, 0.15) is 4.91 Å². The molecule has 2 aliphatic heterocycles. The standard InChI is InChI=1S/C19H20N2O4S/c1-20-10-9-14-16(12-20)21(11-13-5-3-2-4-6-13)15-7-8-17(26(23,24)25)19(22)18(14)15/h2-8,16H,9-12H2,1H3,(H,23,24,25). The third-order valence-electron chi connectivity index (χ3n) is 5.23.